The zero-order valence-electron chi connectivity index (χ0n) is 16.3. The largest absolute Gasteiger partial charge is 0.376 e. The fraction of sp³-hybridized carbons (Fsp3) is 0.0800. The van der Waals surface area contributed by atoms with Gasteiger partial charge in [-0.1, -0.05) is 72.3 Å². The van der Waals surface area contributed by atoms with Gasteiger partial charge in [0.15, 0.2) is 5.78 Å². The number of ketones is 3. The van der Waals surface area contributed by atoms with E-state index in [1.165, 1.54) is 12.1 Å². The van der Waals surface area contributed by atoms with E-state index < -0.39 is 5.78 Å². The highest BCUT2D eigenvalue weighted by Crippen LogP contribution is 2.27. The van der Waals surface area contributed by atoms with Crippen molar-refractivity contribution in [2.45, 2.75) is 13.0 Å². The smallest absolute Gasteiger partial charge is 0.211 e. The summed E-state index contributed by atoms with van der Waals surface area (Å²) in [5, 5.41) is 2.82. The Morgan fingerprint density at radius 2 is 1.52 bits per heavy atom. The number of rotatable bonds is 6. The van der Waals surface area contributed by atoms with E-state index in [1.54, 1.807) is 60.7 Å². The van der Waals surface area contributed by atoms with Gasteiger partial charge >= 0.3 is 0 Å². The summed E-state index contributed by atoms with van der Waals surface area (Å²) in [7, 11) is 0. The first-order valence-electron chi connectivity index (χ1n) is 9.62. The third-order valence-electron chi connectivity index (χ3n) is 5.06. The van der Waals surface area contributed by atoms with Crippen LogP contribution < -0.4 is 5.32 Å². The van der Waals surface area contributed by atoms with Crippen molar-refractivity contribution in [3.8, 4) is 0 Å². The quantitative estimate of drug-likeness (QED) is 0.563. The van der Waals surface area contributed by atoms with Gasteiger partial charge in [-0.15, -0.1) is 0 Å². The van der Waals surface area contributed by atoms with Crippen LogP contribution in [0.2, 0.25) is 0 Å². The van der Waals surface area contributed by atoms with Crippen molar-refractivity contribution < 1.29 is 18.8 Å². The van der Waals surface area contributed by atoms with Crippen LogP contribution in [0.4, 0.5) is 4.39 Å². The van der Waals surface area contributed by atoms with Crippen molar-refractivity contribution in [3.63, 3.8) is 0 Å². The number of carbonyl (C=O) groups is 3. The zero-order valence-corrected chi connectivity index (χ0v) is 17.1. The van der Waals surface area contributed by atoms with Gasteiger partial charge in [0.25, 0.3) is 0 Å². The highest BCUT2D eigenvalue weighted by molar-refractivity contribution is 6.49. The Hall–Kier alpha value is -3.57. The van der Waals surface area contributed by atoms with Crippen molar-refractivity contribution in [1.82, 2.24) is 5.32 Å². The number of nitrogens with one attached hydrogen (secondary N) is 1. The molecule has 1 aliphatic rings. The van der Waals surface area contributed by atoms with Crippen molar-refractivity contribution in [1.29, 1.82) is 0 Å². The molecule has 3 aromatic rings. The lowest BCUT2D eigenvalue weighted by atomic mass is 9.92. The minimum absolute atomic E-state index is 0.0663. The molecule has 0 fully saturated rings. The molecule has 0 bridgehead atoms. The lowest BCUT2D eigenvalue weighted by Gasteiger charge is -2.19. The molecule has 0 spiro atoms. The van der Waals surface area contributed by atoms with Gasteiger partial charge in [-0.3, -0.25) is 14.4 Å². The summed E-state index contributed by atoms with van der Waals surface area (Å²) in [4.78, 5) is 37.6. The number of hydrogen-bond acceptors (Lipinski definition) is 4. The summed E-state index contributed by atoms with van der Waals surface area (Å²) in [6, 6.07) is 19.4. The zero-order chi connectivity index (χ0) is 22.0. The van der Waals surface area contributed by atoms with E-state index in [1.807, 2.05) is 0 Å². The van der Waals surface area contributed by atoms with Gasteiger partial charge in [0.1, 0.15) is 16.5 Å². The molecule has 0 aliphatic heterocycles. The first-order chi connectivity index (χ1) is 14.9. The van der Waals surface area contributed by atoms with Crippen LogP contribution in [0, 0.1) is 5.82 Å². The molecular formula is C25H17ClFNO3. The van der Waals surface area contributed by atoms with Crippen LogP contribution in [-0.2, 0) is 13.0 Å². The Morgan fingerprint density at radius 1 is 0.839 bits per heavy atom. The lowest BCUT2D eigenvalue weighted by molar-refractivity contribution is 0.0974. The van der Waals surface area contributed by atoms with Crippen molar-refractivity contribution in [2.24, 2.45) is 0 Å². The monoisotopic (exact) mass is 433 g/mol. The van der Waals surface area contributed by atoms with Crippen LogP contribution in [0.1, 0.15) is 42.2 Å². The van der Waals surface area contributed by atoms with Crippen molar-refractivity contribution >= 4 is 29.0 Å². The molecule has 3 aromatic carbocycles. The van der Waals surface area contributed by atoms with Gasteiger partial charge in [0.05, 0.1) is 0 Å². The Labute approximate surface area is 183 Å². The Bertz CT molecular complexity index is 1230. The second-order valence-corrected chi connectivity index (χ2v) is 7.55. The fourth-order valence-electron chi connectivity index (χ4n) is 3.44. The molecule has 154 valence electrons. The second-order valence-electron chi connectivity index (χ2n) is 7.17. The van der Waals surface area contributed by atoms with Crippen molar-refractivity contribution in [3.05, 3.63) is 117 Å². The molecule has 4 rings (SSSR count). The van der Waals surface area contributed by atoms with E-state index in [0.29, 0.717) is 22.3 Å². The minimum Gasteiger partial charge on any atom is -0.376 e. The predicted molar refractivity (Wildman–Crippen MR) is 116 cm³/mol. The van der Waals surface area contributed by atoms with Gasteiger partial charge in [-0.2, -0.15) is 0 Å². The van der Waals surface area contributed by atoms with Crippen LogP contribution in [0.5, 0.6) is 0 Å². The summed E-state index contributed by atoms with van der Waals surface area (Å²) in [5.41, 5.74) is 2.60. The molecule has 0 amide bonds. The van der Waals surface area contributed by atoms with E-state index in [4.69, 9.17) is 11.6 Å². The van der Waals surface area contributed by atoms with Crippen LogP contribution in [0.3, 0.4) is 0 Å². The lowest BCUT2D eigenvalue weighted by Crippen LogP contribution is -2.28. The average molecular weight is 434 g/mol. The number of carbonyl (C=O) groups excluding carboxylic acids is 3. The van der Waals surface area contributed by atoms with E-state index in [-0.39, 0.29) is 41.1 Å². The normalized spacial score (nSPS) is 13.2. The molecule has 0 aromatic heterocycles. The maximum Gasteiger partial charge on any atom is 0.211 e. The SMILES string of the molecule is O=C(Cc1cccc(F)c1)c1ccc(CNC2=C(Cl)C(=O)c3ccccc3C2=O)cc1. The van der Waals surface area contributed by atoms with Crippen LogP contribution in [0.25, 0.3) is 0 Å². The molecule has 6 heteroatoms. The minimum atomic E-state index is -0.391. The van der Waals surface area contributed by atoms with E-state index in [0.717, 1.165) is 5.56 Å². The summed E-state index contributed by atoms with van der Waals surface area (Å²) in [6.07, 6.45) is 0.105. The molecule has 0 saturated carbocycles. The number of allylic oxidation sites excluding steroid dienone is 2. The third-order valence-corrected chi connectivity index (χ3v) is 5.42. The number of benzene rings is 3. The van der Waals surface area contributed by atoms with Crippen LogP contribution in [0.15, 0.2) is 83.5 Å². The van der Waals surface area contributed by atoms with Gasteiger partial charge in [0, 0.05) is 29.7 Å². The summed E-state index contributed by atoms with van der Waals surface area (Å²) in [6.45, 7) is 0.255. The first-order valence-corrected chi connectivity index (χ1v) is 10.0. The van der Waals surface area contributed by atoms with Crippen LogP contribution >= 0.6 is 11.6 Å². The topological polar surface area (TPSA) is 63.2 Å². The maximum absolute atomic E-state index is 13.3. The van der Waals surface area contributed by atoms with Gasteiger partial charge in [-0.25, -0.2) is 4.39 Å². The maximum atomic E-state index is 13.3. The van der Waals surface area contributed by atoms with E-state index in [2.05, 4.69) is 5.32 Å². The fourth-order valence-corrected chi connectivity index (χ4v) is 3.69. The summed E-state index contributed by atoms with van der Waals surface area (Å²) in [5.74, 6) is -1.22. The molecule has 31 heavy (non-hydrogen) atoms. The Balaban J connectivity index is 1.44. The van der Waals surface area contributed by atoms with Crippen LogP contribution in [-0.4, -0.2) is 17.3 Å². The molecule has 0 saturated heterocycles. The number of hydrogen-bond donors (Lipinski definition) is 1. The average Bonchev–Trinajstić information content (AvgIpc) is 2.78. The first kappa shape index (κ1) is 20.7. The number of fused-ring (bicyclic) bond motifs is 1. The Kier molecular flexibility index (Phi) is 5.78. The molecule has 0 unspecified atom stereocenters. The molecule has 1 N–H and O–H groups in total. The standard InChI is InChI=1S/C25H17ClFNO3/c26-22-23(25(31)20-7-2-1-6-19(20)24(22)30)28-14-15-8-10-17(11-9-15)21(29)13-16-4-3-5-18(27)12-16/h1-12,28H,13-14H2. The highest BCUT2D eigenvalue weighted by atomic mass is 35.5. The highest BCUT2D eigenvalue weighted by Gasteiger charge is 2.30. The molecule has 1 aliphatic carbocycles. The van der Waals surface area contributed by atoms with Gasteiger partial charge in [0.2, 0.25) is 11.6 Å². The van der Waals surface area contributed by atoms with E-state index >= 15 is 0 Å². The van der Waals surface area contributed by atoms with Gasteiger partial charge in [-0.05, 0) is 23.3 Å². The van der Waals surface area contributed by atoms with E-state index in [9.17, 15) is 18.8 Å². The molecule has 0 radical (unpaired) electrons. The number of Topliss-reactive ketones (excluding diaryl/α,β-unsaturated/α-hetero) is 3. The van der Waals surface area contributed by atoms with Gasteiger partial charge < -0.3 is 5.32 Å². The molecule has 0 heterocycles. The molecule has 4 nitrogen and oxygen atoms in total. The third kappa shape index (κ3) is 4.32. The van der Waals surface area contributed by atoms with Crippen molar-refractivity contribution in [2.75, 3.05) is 0 Å². The molecular weight excluding hydrogens is 417 g/mol. The summed E-state index contributed by atoms with van der Waals surface area (Å²) >= 11 is 6.15. The second kappa shape index (κ2) is 8.66. The summed E-state index contributed by atoms with van der Waals surface area (Å²) < 4.78 is 13.3. The number of halogens is 2. The Morgan fingerprint density at radius 3 is 2.19 bits per heavy atom. The molecule has 0 atom stereocenters. The predicted octanol–water partition coefficient (Wildman–Crippen LogP) is 4.87.